The van der Waals surface area contributed by atoms with Crippen molar-refractivity contribution in [2.45, 2.75) is 13.0 Å². The van der Waals surface area contributed by atoms with Gasteiger partial charge in [0.15, 0.2) is 0 Å². The van der Waals surface area contributed by atoms with E-state index in [2.05, 4.69) is 5.32 Å². The second-order valence-corrected chi connectivity index (χ2v) is 4.99. The van der Waals surface area contributed by atoms with Crippen molar-refractivity contribution in [3.63, 3.8) is 0 Å². The van der Waals surface area contributed by atoms with Gasteiger partial charge in [0.1, 0.15) is 6.04 Å². The lowest BCUT2D eigenvalue weighted by Gasteiger charge is -2.11. The fraction of sp³-hybridized carbons (Fsp3) is 0.214. The molecular weight excluding hydrogens is 278 g/mol. The Morgan fingerprint density at radius 2 is 1.95 bits per heavy atom. The molecule has 6 heteroatoms. The molecule has 0 aliphatic heterocycles. The van der Waals surface area contributed by atoms with Crippen LogP contribution < -0.4 is 5.32 Å². The zero-order valence-corrected chi connectivity index (χ0v) is 11.7. The van der Waals surface area contributed by atoms with E-state index in [-0.39, 0.29) is 10.9 Å². The Morgan fingerprint density at radius 1 is 1.30 bits per heavy atom. The highest BCUT2D eigenvalue weighted by Crippen LogP contribution is 2.09. The van der Waals surface area contributed by atoms with Gasteiger partial charge >= 0.3 is 5.97 Å². The van der Waals surface area contributed by atoms with Crippen LogP contribution in [0.2, 0.25) is 0 Å². The Labute approximate surface area is 121 Å². The number of hydrogen-bond acceptors (Lipinski definition) is 4. The number of carboxylic acid groups (broad SMARTS) is 1. The highest BCUT2D eigenvalue weighted by molar-refractivity contribution is 8.14. The Balaban J connectivity index is 2.47. The summed E-state index contributed by atoms with van der Waals surface area (Å²) in [6.45, 7) is 1.23. The minimum absolute atomic E-state index is 0.00707. The molecule has 1 rings (SSSR count). The van der Waals surface area contributed by atoms with Gasteiger partial charge in [-0.3, -0.25) is 9.59 Å². The van der Waals surface area contributed by atoms with Crippen LogP contribution in [0.1, 0.15) is 12.5 Å². The van der Waals surface area contributed by atoms with Crippen molar-refractivity contribution in [2.75, 3.05) is 5.75 Å². The van der Waals surface area contributed by atoms with Crippen molar-refractivity contribution < 1.29 is 19.5 Å². The second kappa shape index (κ2) is 8.16. The fourth-order valence-electron chi connectivity index (χ4n) is 1.36. The molecule has 0 unspecified atom stereocenters. The predicted octanol–water partition coefficient (Wildman–Crippen LogP) is 1.55. The van der Waals surface area contributed by atoms with E-state index < -0.39 is 17.9 Å². The third-order valence-corrected chi connectivity index (χ3v) is 3.20. The summed E-state index contributed by atoms with van der Waals surface area (Å²) >= 11 is 0.853. The molecule has 0 radical (unpaired) electrons. The molecule has 0 aliphatic rings. The highest BCUT2D eigenvalue weighted by atomic mass is 32.2. The molecule has 1 aromatic carbocycles. The van der Waals surface area contributed by atoms with Gasteiger partial charge in [-0.25, -0.2) is 4.79 Å². The summed E-state index contributed by atoms with van der Waals surface area (Å²) in [5.74, 6) is -1.61. The van der Waals surface area contributed by atoms with Gasteiger partial charge in [0.05, 0.1) is 0 Å². The van der Waals surface area contributed by atoms with Gasteiger partial charge in [-0.1, -0.05) is 48.2 Å². The topological polar surface area (TPSA) is 83.5 Å². The minimum Gasteiger partial charge on any atom is -0.480 e. The van der Waals surface area contributed by atoms with E-state index >= 15 is 0 Å². The van der Waals surface area contributed by atoms with Gasteiger partial charge < -0.3 is 10.4 Å². The molecule has 2 N–H and O–H groups in total. The molecule has 0 heterocycles. The number of rotatable bonds is 6. The maximum Gasteiger partial charge on any atom is 0.327 e. The van der Waals surface area contributed by atoms with E-state index in [0.29, 0.717) is 0 Å². The Hall–Kier alpha value is -2.08. The van der Waals surface area contributed by atoms with Gasteiger partial charge in [0.25, 0.3) is 0 Å². The average Bonchev–Trinajstić information content (AvgIpc) is 2.41. The lowest BCUT2D eigenvalue weighted by Crippen LogP contribution is -2.41. The SMILES string of the molecule is CC(=O)N[C@H](CSC(=O)/C=C/c1ccccc1)C(=O)O. The summed E-state index contributed by atoms with van der Waals surface area (Å²) in [5, 5.41) is 10.9. The van der Waals surface area contributed by atoms with Crippen LogP contribution in [0, 0.1) is 0 Å². The van der Waals surface area contributed by atoms with Crippen LogP contribution in [0.5, 0.6) is 0 Å². The monoisotopic (exact) mass is 293 g/mol. The van der Waals surface area contributed by atoms with E-state index in [0.717, 1.165) is 17.3 Å². The summed E-state index contributed by atoms with van der Waals surface area (Å²) < 4.78 is 0. The molecule has 0 aliphatic carbocycles. The summed E-state index contributed by atoms with van der Waals surface area (Å²) in [5.41, 5.74) is 0.887. The number of carbonyl (C=O) groups is 3. The molecule has 0 bridgehead atoms. The molecule has 1 amide bonds. The summed E-state index contributed by atoms with van der Waals surface area (Å²) in [7, 11) is 0. The van der Waals surface area contributed by atoms with E-state index in [1.807, 2.05) is 30.3 Å². The van der Waals surface area contributed by atoms with Crippen LogP contribution in [0.25, 0.3) is 6.08 Å². The third-order valence-electron chi connectivity index (χ3n) is 2.28. The fourth-order valence-corrected chi connectivity index (χ4v) is 2.08. The number of hydrogen-bond donors (Lipinski definition) is 2. The molecule has 1 atom stereocenters. The molecule has 0 fully saturated rings. The first-order chi connectivity index (χ1) is 9.49. The van der Waals surface area contributed by atoms with Gasteiger partial charge in [0.2, 0.25) is 11.0 Å². The van der Waals surface area contributed by atoms with Gasteiger partial charge in [-0.2, -0.15) is 0 Å². The lowest BCUT2D eigenvalue weighted by atomic mass is 10.2. The molecule has 1 aromatic rings. The molecule has 0 saturated carbocycles. The number of aliphatic carboxylic acids is 1. The molecule has 0 spiro atoms. The standard InChI is InChI=1S/C14H15NO4S/c1-10(16)15-12(14(18)19)9-20-13(17)8-7-11-5-3-2-4-6-11/h2-8,12H,9H2,1H3,(H,15,16)(H,18,19)/b8-7+/t12-/m1/s1. The van der Waals surface area contributed by atoms with E-state index in [4.69, 9.17) is 5.11 Å². The first kappa shape index (κ1) is 16.0. The maximum atomic E-state index is 11.6. The Bertz CT molecular complexity index is 513. The Morgan fingerprint density at radius 3 is 2.50 bits per heavy atom. The van der Waals surface area contributed by atoms with Crippen molar-refractivity contribution in [1.82, 2.24) is 5.32 Å². The lowest BCUT2D eigenvalue weighted by molar-refractivity contribution is -0.140. The van der Waals surface area contributed by atoms with Crippen molar-refractivity contribution in [2.24, 2.45) is 0 Å². The quantitative estimate of drug-likeness (QED) is 0.777. The van der Waals surface area contributed by atoms with Crippen molar-refractivity contribution in [3.8, 4) is 0 Å². The average molecular weight is 293 g/mol. The van der Waals surface area contributed by atoms with Crippen LogP contribution in [-0.2, 0) is 14.4 Å². The highest BCUT2D eigenvalue weighted by Gasteiger charge is 2.19. The van der Waals surface area contributed by atoms with E-state index in [9.17, 15) is 14.4 Å². The number of thioether (sulfide) groups is 1. The van der Waals surface area contributed by atoms with E-state index in [1.54, 1.807) is 6.08 Å². The smallest absolute Gasteiger partial charge is 0.327 e. The summed E-state index contributed by atoms with van der Waals surface area (Å²) in [6.07, 6.45) is 3.04. The summed E-state index contributed by atoms with van der Waals surface area (Å²) in [6, 6.07) is 8.23. The number of nitrogens with one attached hydrogen (secondary N) is 1. The van der Waals surface area contributed by atoms with Gasteiger partial charge in [-0.15, -0.1) is 0 Å². The largest absolute Gasteiger partial charge is 0.480 e. The maximum absolute atomic E-state index is 11.6. The van der Waals surface area contributed by atoms with Crippen LogP contribution in [0.15, 0.2) is 36.4 Å². The van der Waals surface area contributed by atoms with Crippen LogP contribution >= 0.6 is 11.8 Å². The van der Waals surface area contributed by atoms with E-state index in [1.165, 1.54) is 13.0 Å². The van der Waals surface area contributed by atoms with Crippen molar-refractivity contribution >= 4 is 34.8 Å². The molecule has 20 heavy (non-hydrogen) atoms. The molecular formula is C14H15NO4S. The normalized spacial score (nSPS) is 12.1. The molecule has 106 valence electrons. The zero-order chi connectivity index (χ0) is 15.0. The van der Waals surface area contributed by atoms with Gasteiger partial charge in [0, 0.05) is 12.7 Å². The Kier molecular flexibility index (Phi) is 6.52. The molecule has 0 saturated heterocycles. The zero-order valence-electron chi connectivity index (χ0n) is 10.9. The first-order valence-electron chi connectivity index (χ1n) is 5.89. The van der Waals surface area contributed by atoms with Crippen LogP contribution in [0.4, 0.5) is 0 Å². The van der Waals surface area contributed by atoms with Crippen LogP contribution in [-0.4, -0.2) is 33.9 Å². The number of carbonyl (C=O) groups excluding carboxylic acids is 2. The number of benzene rings is 1. The van der Waals surface area contributed by atoms with Crippen LogP contribution in [0.3, 0.4) is 0 Å². The molecule has 0 aromatic heterocycles. The third kappa shape index (κ3) is 6.19. The van der Waals surface area contributed by atoms with Crippen molar-refractivity contribution in [1.29, 1.82) is 0 Å². The summed E-state index contributed by atoms with van der Waals surface area (Å²) in [4.78, 5) is 33.3. The first-order valence-corrected chi connectivity index (χ1v) is 6.87. The second-order valence-electron chi connectivity index (χ2n) is 3.97. The number of carboxylic acids is 1. The minimum atomic E-state index is -1.16. The number of amides is 1. The molecule has 5 nitrogen and oxygen atoms in total. The predicted molar refractivity (Wildman–Crippen MR) is 78.2 cm³/mol. The van der Waals surface area contributed by atoms with Crippen molar-refractivity contribution in [3.05, 3.63) is 42.0 Å². The van der Waals surface area contributed by atoms with Gasteiger partial charge in [-0.05, 0) is 11.6 Å².